The van der Waals surface area contributed by atoms with E-state index in [2.05, 4.69) is 35.0 Å². The summed E-state index contributed by atoms with van der Waals surface area (Å²) < 4.78 is 131. The molecular formula is C51H75ClF3N8O20P. The number of hydrogen-bond acceptors (Lipinski definition) is 24. The van der Waals surface area contributed by atoms with E-state index in [4.69, 9.17) is 83.0 Å². The molecule has 1 aliphatic carbocycles. The van der Waals surface area contributed by atoms with Gasteiger partial charge in [0.1, 0.15) is 42.0 Å². The van der Waals surface area contributed by atoms with Crippen LogP contribution in [0.4, 0.5) is 19.0 Å². The standard InChI is InChI=1S/C51H75ClF3N8O20P/c52-50-57-47(39-29-56-63(48(39)58-50)49-45(66)44(65)42(82-49)32-80-35-84(67,68)69)61-33-51(34-61)4-1-38(2-5-51)81-26-25-78-22-21-76-19-20-77-23-24-79-31-37-30-62(60-59-37)6-8-71-10-12-73-14-16-75-18-17-74-15-13-72-11-9-70-7-3-43(64)83-46-40(54)27-36(53)28-41(46)55/h27-30,38,42,44-45,49,65-66H,1-26,31-35H2,(H2,67,68,69)/t42-,44-,45-,49-/m1/s1. The van der Waals surface area contributed by atoms with Crippen LogP contribution in [0.15, 0.2) is 24.5 Å². The Morgan fingerprint density at radius 3 is 1.82 bits per heavy atom. The van der Waals surface area contributed by atoms with Crippen molar-refractivity contribution >= 4 is 42.0 Å². The number of anilines is 1. The lowest BCUT2D eigenvalue weighted by Crippen LogP contribution is -2.58. The third-order valence-electron chi connectivity index (χ3n) is 13.4. The normalized spacial score (nSPS) is 19.1. The molecule has 0 unspecified atom stereocenters. The minimum atomic E-state index is -4.43. The lowest BCUT2D eigenvalue weighted by Gasteiger charge is -2.54. The van der Waals surface area contributed by atoms with Gasteiger partial charge in [0.05, 0.1) is 182 Å². The van der Waals surface area contributed by atoms with Gasteiger partial charge in [-0.1, -0.05) is 5.21 Å². The van der Waals surface area contributed by atoms with Gasteiger partial charge in [-0.15, -0.1) is 5.10 Å². The van der Waals surface area contributed by atoms with Crippen molar-refractivity contribution in [3.8, 4) is 5.75 Å². The van der Waals surface area contributed by atoms with Gasteiger partial charge in [0, 0.05) is 30.6 Å². The molecule has 84 heavy (non-hydrogen) atoms. The van der Waals surface area contributed by atoms with Gasteiger partial charge in [-0.2, -0.15) is 15.1 Å². The molecule has 1 aromatic carbocycles. The van der Waals surface area contributed by atoms with Gasteiger partial charge in [0.25, 0.3) is 0 Å². The fourth-order valence-corrected chi connectivity index (χ4v) is 9.70. The third kappa shape index (κ3) is 22.5. The summed E-state index contributed by atoms with van der Waals surface area (Å²) in [6, 6.07) is 0.840. The Kier molecular flexibility index (Phi) is 28.5. The number of carbonyl (C=O) groups is 1. The summed E-state index contributed by atoms with van der Waals surface area (Å²) in [6.07, 6.45) is 1.20. The van der Waals surface area contributed by atoms with Crippen LogP contribution < -0.4 is 9.64 Å². The molecule has 1 spiro atoms. The molecule has 3 aliphatic rings. The molecule has 3 aromatic heterocycles. The molecule has 2 aliphatic heterocycles. The minimum absolute atomic E-state index is 0.0191. The molecule has 2 saturated heterocycles. The zero-order chi connectivity index (χ0) is 59.6. The lowest BCUT2D eigenvalue weighted by molar-refractivity contribution is -0.136. The number of aliphatic hydroxyl groups excluding tert-OH is 2. The van der Waals surface area contributed by atoms with Crippen LogP contribution in [-0.2, 0) is 84.1 Å². The van der Waals surface area contributed by atoms with Gasteiger partial charge in [-0.25, -0.2) is 22.5 Å². The van der Waals surface area contributed by atoms with Crippen molar-refractivity contribution in [2.75, 3.05) is 163 Å². The molecular weight excluding hydrogens is 1170 g/mol. The van der Waals surface area contributed by atoms with Gasteiger partial charge in [-0.3, -0.25) is 9.36 Å². The molecule has 33 heteroatoms. The number of halogens is 4. The van der Waals surface area contributed by atoms with Crippen molar-refractivity contribution < 1.29 is 109 Å². The first kappa shape index (κ1) is 67.3. The lowest BCUT2D eigenvalue weighted by atomic mass is 9.68. The van der Waals surface area contributed by atoms with Crippen molar-refractivity contribution in [3.05, 3.63) is 53.0 Å². The number of nitrogens with zero attached hydrogens (tertiary/aromatic N) is 8. The Balaban J connectivity index is 0.587. The average molecular weight is 1240 g/mol. The fraction of sp³-hybridized carbons (Fsp3) is 0.725. The first-order valence-electron chi connectivity index (χ1n) is 27.6. The van der Waals surface area contributed by atoms with Crippen LogP contribution in [0.1, 0.15) is 44.0 Å². The number of hydrogen-bond donors (Lipinski definition) is 4. The van der Waals surface area contributed by atoms with Crippen LogP contribution in [0.3, 0.4) is 0 Å². The predicted molar refractivity (Wildman–Crippen MR) is 286 cm³/mol. The summed E-state index contributed by atoms with van der Waals surface area (Å²) in [5, 5.41) is 34.5. The van der Waals surface area contributed by atoms with E-state index in [1.165, 1.54) is 4.68 Å². The summed E-state index contributed by atoms with van der Waals surface area (Å²) in [5.41, 5.74) is 1.12. The fourth-order valence-electron chi connectivity index (χ4n) is 9.20. The number of esters is 1. The molecule has 0 amide bonds. The number of carbonyl (C=O) groups excluding carboxylic acids is 1. The second kappa shape index (κ2) is 35.6. The zero-order valence-corrected chi connectivity index (χ0v) is 48.1. The maximum absolute atomic E-state index is 13.6. The maximum atomic E-state index is 13.6. The maximum Gasteiger partial charge on any atom is 0.350 e. The SMILES string of the molecule is O=C(CCOCCOCCOCCOCCOCCOCCn1cc(COCCOCCOCCOCCOC2CCC3(CC2)CN(c2nc(Cl)nc4c2cnn4[C@@H]2O[C@H](COCP(=O)(O)O)[C@@H](O)[C@H]2O)C3)nn1)Oc1c(F)cc(F)cc1F. The summed E-state index contributed by atoms with van der Waals surface area (Å²) in [4.78, 5) is 40.9. The van der Waals surface area contributed by atoms with E-state index in [0.717, 1.165) is 38.8 Å². The van der Waals surface area contributed by atoms with Crippen LogP contribution in [0.5, 0.6) is 5.75 Å². The third-order valence-corrected chi connectivity index (χ3v) is 14.0. The van der Waals surface area contributed by atoms with Crippen molar-refractivity contribution in [1.29, 1.82) is 0 Å². The minimum Gasteiger partial charge on any atom is -0.420 e. The van der Waals surface area contributed by atoms with E-state index in [-0.39, 0.29) is 49.7 Å². The van der Waals surface area contributed by atoms with Gasteiger partial charge >= 0.3 is 13.6 Å². The Morgan fingerprint density at radius 2 is 1.25 bits per heavy atom. The smallest absolute Gasteiger partial charge is 0.350 e. The summed E-state index contributed by atoms with van der Waals surface area (Å²) in [7, 11) is -4.43. The van der Waals surface area contributed by atoms with Crippen molar-refractivity contribution in [3.63, 3.8) is 0 Å². The number of aromatic nitrogens is 7. The largest absolute Gasteiger partial charge is 0.420 e. The monoisotopic (exact) mass is 1240 g/mol. The predicted octanol–water partition coefficient (Wildman–Crippen LogP) is 2.39. The summed E-state index contributed by atoms with van der Waals surface area (Å²) in [6.45, 7) is 9.39. The Labute approximate surface area is 487 Å². The van der Waals surface area contributed by atoms with Crippen molar-refractivity contribution in [2.45, 2.75) is 75.9 Å². The topological polar surface area (TPSA) is 322 Å². The van der Waals surface area contributed by atoms with Gasteiger partial charge in [0.15, 0.2) is 23.5 Å². The molecule has 3 fully saturated rings. The molecule has 0 radical (unpaired) electrons. The number of rotatable bonds is 43. The van der Waals surface area contributed by atoms with Gasteiger partial charge in [0.2, 0.25) is 11.0 Å². The van der Waals surface area contributed by atoms with E-state index < -0.39 is 67.7 Å². The van der Waals surface area contributed by atoms with Gasteiger partial charge in [-0.05, 0) is 37.3 Å². The number of ether oxygens (including phenoxy) is 14. The second-order valence-electron chi connectivity index (χ2n) is 19.7. The van der Waals surface area contributed by atoms with Crippen LogP contribution in [0.25, 0.3) is 11.0 Å². The van der Waals surface area contributed by atoms with Crippen LogP contribution in [0.2, 0.25) is 5.28 Å². The molecule has 7 rings (SSSR count). The van der Waals surface area contributed by atoms with Crippen molar-refractivity contribution in [2.24, 2.45) is 5.41 Å². The first-order valence-corrected chi connectivity index (χ1v) is 29.8. The number of aliphatic hydroxyl groups is 2. The molecule has 1 saturated carbocycles. The summed E-state index contributed by atoms with van der Waals surface area (Å²) >= 11 is 6.38. The van der Waals surface area contributed by atoms with Crippen LogP contribution in [0, 0.1) is 22.9 Å². The van der Waals surface area contributed by atoms with Gasteiger partial charge < -0.3 is 91.2 Å². The first-order chi connectivity index (χ1) is 40.7. The Morgan fingerprint density at radius 1 is 0.714 bits per heavy atom. The quantitative estimate of drug-likeness (QED) is 0.0163. The van der Waals surface area contributed by atoms with E-state index in [9.17, 15) is 32.7 Å². The second-order valence-corrected chi connectivity index (χ2v) is 21.7. The van der Waals surface area contributed by atoms with Crippen LogP contribution in [-0.4, -0.2) is 243 Å². The molecule has 472 valence electrons. The molecule has 0 bridgehead atoms. The van der Waals surface area contributed by atoms with E-state index in [1.807, 2.05) is 0 Å². The Bertz CT molecular complexity index is 2600. The summed E-state index contributed by atoms with van der Waals surface area (Å²) in [5.74, 6) is -5.01. The van der Waals surface area contributed by atoms with Crippen LogP contribution >= 0.6 is 19.2 Å². The average Bonchev–Trinajstić information content (AvgIpc) is 1.88. The Hall–Kier alpha value is -4.19. The highest BCUT2D eigenvalue weighted by atomic mass is 35.5. The molecule has 4 N–H and O–H groups in total. The van der Waals surface area contributed by atoms with E-state index in [1.54, 1.807) is 17.1 Å². The molecule has 28 nitrogen and oxygen atoms in total. The molecule has 4 atom stereocenters. The number of benzene rings is 1. The highest BCUT2D eigenvalue weighted by Gasteiger charge is 2.48. The zero-order valence-electron chi connectivity index (χ0n) is 46.5. The molecule has 5 heterocycles. The van der Waals surface area contributed by atoms with Crippen molar-refractivity contribution in [1.82, 2.24) is 34.7 Å². The number of fused-ring (bicyclic) bond motifs is 1. The molecule has 4 aromatic rings. The highest BCUT2D eigenvalue weighted by molar-refractivity contribution is 7.51. The van der Waals surface area contributed by atoms with E-state index >= 15 is 0 Å². The van der Waals surface area contributed by atoms with E-state index in [0.29, 0.717) is 160 Å². The highest BCUT2D eigenvalue weighted by Crippen LogP contribution is 2.47.